The highest BCUT2D eigenvalue weighted by Crippen LogP contribution is 2.43. The van der Waals surface area contributed by atoms with Crippen LogP contribution < -0.4 is 14.8 Å². The Labute approximate surface area is 272 Å². The van der Waals surface area contributed by atoms with Gasteiger partial charge in [-0.05, 0) is 87.2 Å². The van der Waals surface area contributed by atoms with E-state index >= 15 is 0 Å². The number of Topliss-reactive ketones (excluding diaryl/α,β-unsaturated/α-hetero) is 1. The number of alkyl halides is 6. The molecule has 2 aliphatic heterocycles. The SMILES string of the molecule is COc1ccc(OC)c(CC2CCC(=O)C(C(=O)Nc3ccc(C(F)(F)F)cc3-c3ccc(C(F)(F)F)nc3)=C(O)C3(C)CCCN23)c1. The normalized spacial score (nSPS) is 20.6. The number of aliphatic hydroxyl groups is 1. The number of carbonyl (C=O) groups excluding carboxylic acids is 2. The number of ketones is 1. The highest BCUT2D eigenvalue weighted by Gasteiger charge is 2.48. The molecule has 0 bridgehead atoms. The number of nitrogens with zero attached hydrogens (tertiary/aromatic N) is 2. The van der Waals surface area contributed by atoms with E-state index in [1.165, 1.54) is 0 Å². The van der Waals surface area contributed by atoms with Gasteiger partial charge in [0.25, 0.3) is 5.91 Å². The number of hydrogen-bond acceptors (Lipinski definition) is 7. The Bertz CT molecular complexity index is 1740. The molecule has 256 valence electrons. The molecular formula is C34H33F6N3O5. The van der Waals surface area contributed by atoms with Gasteiger partial charge in [0.2, 0.25) is 0 Å². The van der Waals surface area contributed by atoms with Crippen molar-refractivity contribution in [3.05, 3.63) is 82.9 Å². The minimum Gasteiger partial charge on any atom is -0.509 e. The molecule has 48 heavy (non-hydrogen) atoms. The smallest absolute Gasteiger partial charge is 0.433 e. The summed E-state index contributed by atoms with van der Waals surface area (Å²) < 4.78 is 91.2. The number of nitrogens with one attached hydrogen (secondary N) is 1. The highest BCUT2D eigenvalue weighted by atomic mass is 19.4. The molecule has 1 aromatic heterocycles. The van der Waals surface area contributed by atoms with Crippen molar-refractivity contribution < 1.29 is 50.5 Å². The maximum atomic E-state index is 13.8. The van der Waals surface area contributed by atoms with E-state index in [-0.39, 0.29) is 29.3 Å². The van der Waals surface area contributed by atoms with E-state index in [1.807, 2.05) is 6.07 Å². The Morgan fingerprint density at radius 1 is 1.04 bits per heavy atom. The Kier molecular flexibility index (Phi) is 9.51. The maximum absolute atomic E-state index is 13.8. The van der Waals surface area contributed by atoms with E-state index < -0.39 is 52.2 Å². The first-order valence-corrected chi connectivity index (χ1v) is 15.1. The van der Waals surface area contributed by atoms with Gasteiger partial charge in [0.05, 0.1) is 25.3 Å². The van der Waals surface area contributed by atoms with Crippen LogP contribution in [0.1, 0.15) is 49.4 Å². The topological polar surface area (TPSA) is 101 Å². The number of aliphatic hydroxyl groups excluding tert-OH is 1. The van der Waals surface area contributed by atoms with Crippen molar-refractivity contribution in [1.29, 1.82) is 0 Å². The van der Waals surface area contributed by atoms with Crippen LogP contribution >= 0.6 is 0 Å². The monoisotopic (exact) mass is 677 g/mol. The van der Waals surface area contributed by atoms with Crippen molar-refractivity contribution in [2.75, 3.05) is 26.1 Å². The zero-order valence-corrected chi connectivity index (χ0v) is 26.3. The molecule has 1 saturated heterocycles. The van der Waals surface area contributed by atoms with Crippen molar-refractivity contribution in [2.24, 2.45) is 0 Å². The predicted molar refractivity (Wildman–Crippen MR) is 164 cm³/mol. The number of carbonyl (C=O) groups is 2. The van der Waals surface area contributed by atoms with Crippen molar-refractivity contribution in [1.82, 2.24) is 9.88 Å². The van der Waals surface area contributed by atoms with E-state index in [0.717, 1.165) is 23.9 Å². The Balaban J connectivity index is 1.51. The number of rotatable bonds is 7. The summed E-state index contributed by atoms with van der Waals surface area (Å²) in [5, 5.41) is 14.1. The van der Waals surface area contributed by atoms with Gasteiger partial charge in [0, 0.05) is 35.5 Å². The van der Waals surface area contributed by atoms with E-state index in [0.29, 0.717) is 61.9 Å². The lowest BCUT2D eigenvalue weighted by Gasteiger charge is -2.42. The van der Waals surface area contributed by atoms with Crippen LogP contribution in [-0.4, -0.2) is 59.0 Å². The van der Waals surface area contributed by atoms with Crippen molar-refractivity contribution in [2.45, 2.75) is 63.0 Å². The molecule has 2 N–H and O–H groups in total. The molecule has 0 saturated carbocycles. The molecule has 3 aromatic rings. The number of anilines is 1. The summed E-state index contributed by atoms with van der Waals surface area (Å²) in [6, 6.07) is 9.02. The first-order chi connectivity index (χ1) is 22.6. The van der Waals surface area contributed by atoms with E-state index in [1.54, 1.807) is 33.3 Å². The molecule has 0 radical (unpaired) electrons. The fraction of sp³-hybridized carbons (Fsp3) is 0.382. The number of benzene rings is 2. The first-order valence-electron chi connectivity index (χ1n) is 15.1. The Morgan fingerprint density at radius 3 is 2.42 bits per heavy atom. The average molecular weight is 678 g/mol. The number of amides is 1. The van der Waals surface area contributed by atoms with Crippen LogP contribution in [0.5, 0.6) is 11.5 Å². The molecule has 14 heteroatoms. The molecule has 2 unspecified atom stereocenters. The number of hydrogen-bond donors (Lipinski definition) is 2. The predicted octanol–water partition coefficient (Wildman–Crippen LogP) is 7.38. The van der Waals surface area contributed by atoms with Crippen LogP contribution in [-0.2, 0) is 28.4 Å². The van der Waals surface area contributed by atoms with Crippen molar-refractivity contribution in [3.63, 3.8) is 0 Å². The number of aromatic nitrogens is 1. The lowest BCUT2D eigenvalue weighted by atomic mass is 9.84. The van der Waals surface area contributed by atoms with Gasteiger partial charge in [-0.2, -0.15) is 26.3 Å². The molecule has 0 spiro atoms. The summed E-state index contributed by atoms with van der Waals surface area (Å²) >= 11 is 0. The van der Waals surface area contributed by atoms with E-state index in [4.69, 9.17) is 9.47 Å². The van der Waals surface area contributed by atoms with Crippen molar-refractivity contribution >= 4 is 17.4 Å². The third-order valence-corrected chi connectivity index (χ3v) is 9.00. The van der Waals surface area contributed by atoms with Gasteiger partial charge in [-0.25, -0.2) is 0 Å². The molecular weight excluding hydrogens is 644 g/mol. The van der Waals surface area contributed by atoms with Crippen LogP contribution in [0.15, 0.2) is 66.1 Å². The van der Waals surface area contributed by atoms with Gasteiger partial charge >= 0.3 is 12.4 Å². The fourth-order valence-electron chi connectivity index (χ4n) is 6.52. The fourth-order valence-corrected chi connectivity index (χ4v) is 6.52. The van der Waals surface area contributed by atoms with Gasteiger partial charge in [-0.15, -0.1) is 0 Å². The zero-order chi connectivity index (χ0) is 35.0. The van der Waals surface area contributed by atoms with Crippen molar-refractivity contribution in [3.8, 4) is 22.6 Å². The molecule has 0 aliphatic carbocycles. The summed E-state index contributed by atoms with van der Waals surface area (Å²) in [5.41, 5.74) is -3.84. The minimum absolute atomic E-state index is 0.126. The molecule has 2 aliphatic rings. The second kappa shape index (κ2) is 13.1. The standard InChI is InChI=1S/C34H33F6N3O5/c1-32-13-4-14-43(32)22(15-20-16-23(47-2)8-11-27(20)48-3)7-10-26(44)29(30(32)45)31(46)42-25-9-6-21(33(35,36)37)17-24(25)19-5-12-28(41-18-19)34(38,39)40/h5-6,8-9,11-12,16-18,22,45H,4,7,10,13-15H2,1-3H3,(H,42,46). The van der Waals surface area contributed by atoms with E-state index in [2.05, 4.69) is 15.2 Å². The zero-order valence-electron chi connectivity index (χ0n) is 26.3. The lowest BCUT2D eigenvalue weighted by Crippen LogP contribution is -2.52. The quantitative estimate of drug-likeness (QED) is 0.199. The molecule has 5 rings (SSSR count). The van der Waals surface area contributed by atoms with Crippen LogP contribution in [0.2, 0.25) is 0 Å². The largest absolute Gasteiger partial charge is 0.509 e. The van der Waals surface area contributed by atoms with Crippen LogP contribution in [0.4, 0.5) is 32.0 Å². The number of fused-ring (bicyclic) bond motifs is 1. The molecule has 3 heterocycles. The summed E-state index contributed by atoms with van der Waals surface area (Å²) in [4.78, 5) is 32.8. The van der Waals surface area contributed by atoms with Gasteiger partial charge in [0.15, 0.2) is 5.78 Å². The lowest BCUT2D eigenvalue weighted by molar-refractivity contribution is -0.141. The van der Waals surface area contributed by atoms with Crippen LogP contribution in [0.3, 0.4) is 0 Å². The molecule has 8 nitrogen and oxygen atoms in total. The van der Waals surface area contributed by atoms with Gasteiger partial charge in [0.1, 0.15) is 28.5 Å². The van der Waals surface area contributed by atoms with Gasteiger partial charge < -0.3 is 19.9 Å². The first kappa shape index (κ1) is 34.7. The van der Waals surface area contributed by atoms with E-state index in [9.17, 15) is 41.0 Å². The Morgan fingerprint density at radius 2 is 1.79 bits per heavy atom. The number of halogens is 6. The summed E-state index contributed by atoms with van der Waals surface area (Å²) in [6.45, 7) is 2.29. The minimum atomic E-state index is -4.81. The van der Waals surface area contributed by atoms with Crippen LogP contribution in [0.25, 0.3) is 11.1 Å². The van der Waals surface area contributed by atoms with Gasteiger partial charge in [-0.3, -0.25) is 19.5 Å². The molecule has 1 amide bonds. The third-order valence-electron chi connectivity index (χ3n) is 9.00. The summed E-state index contributed by atoms with van der Waals surface area (Å²) in [5.74, 6) is -0.937. The van der Waals surface area contributed by atoms with Gasteiger partial charge in [-0.1, -0.05) is 6.07 Å². The molecule has 2 aromatic carbocycles. The third kappa shape index (κ3) is 6.84. The maximum Gasteiger partial charge on any atom is 0.433 e. The van der Waals surface area contributed by atoms with Crippen LogP contribution in [0, 0.1) is 0 Å². The molecule has 1 fully saturated rings. The summed E-state index contributed by atoms with van der Waals surface area (Å²) in [6.07, 6.45) is -7.12. The number of ether oxygens (including phenoxy) is 2. The second-order valence-corrected chi connectivity index (χ2v) is 11.9. The average Bonchev–Trinajstić information content (AvgIpc) is 3.43. The summed E-state index contributed by atoms with van der Waals surface area (Å²) in [7, 11) is 3.09. The number of pyridine rings is 1. The second-order valence-electron chi connectivity index (χ2n) is 11.9. The number of methoxy groups -OCH3 is 2. The Hall–Kier alpha value is -4.59. The molecule has 2 atom stereocenters. The highest BCUT2D eigenvalue weighted by molar-refractivity contribution is 6.24.